The lowest BCUT2D eigenvalue weighted by Crippen LogP contribution is -2.10. The van der Waals surface area contributed by atoms with Crippen molar-refractivity contribution in [3.8, 4) is 0 Å². The SMILES string of the molecule is CC[C@@H](C)C(C)/C(C)=C\NC. The normalized spacial score (nSPS) is 17.7. The zero-order chi connectivity index (χ0) is 8.85. The predicted molar refractivity (Wildman–Crippen MR) is 51.4 cm³/mol. The third-order valence-corrected chi connectivity index (χ3v) is 2.59. The molecule has 1 nitrogen and oxygen atoms in total. The third kappa shape index (κ3) is 3.45. The van der Waals surface area contributed by atoms with Crippen LogP contribution in [-0.2, 0) is 0 Å². The van der Waals surface area contributed by atoms with Crippen LogP contribution >= 0.6 is 0 Å². The molecule has 0 heterocycles. The molecule has 1 N–H and O–H groups in total. The number of hydrogen-bond donors (Lipinski definition) is 1. The van der Waals surface area contributed by atoms with Gasteiger partial charge in [-0.2, -0.15) is 0 Å². The van der Waals surface area contributed by atoms with Gasteiger partial charge in [-0.25, -0.2) is 0 Å². The molecule has 0 aliphatic heterocycles. The summed E-state index contributed by atoms with van der Waals surface area (Å²) in [6, 6.07) is 0. The van der Waals surface area contributed by atoms with Crippen molar-refractivity contribution in [3.05, 3.63) is 11.8 Å². The fourth-order valence-corrected chi connectivity index (χ4v) is 1.16. The lowest BCUT2D eigenvalue weighted by Gasteiger charge is -2.18. The number of allylic oxidation sites excluding steroid dienone is 1. The molecule has 1 heteroatoms. The van der Waals surface area contributed by atoms with E-state index in [1.54, 1.807) is 0 Å². The van der Waals surface area contributed by atoms with Gasteiger partial charge in [-0.15, -0.1) is 0 Å². The topological polar surface area (TPSA) is 12.0 Å². The van der Waals surface area contributed by atoms with Crippen LogP contribution in [0.2, 0.25) is 0 Å². The van der Waals surface area contributed by atoms with Crippen molar-refractivity contribution < 1.29 is 0 Å². The van der Waals surface area contributed by atoms with Gasteiger partial charge in [-0.05, 0) is 25.0 Å². The quantitative estimate of drug-likeness (QED) is 0.658. The summed E-state index contributed by atoms with van der Waals surface area (Å²) in [5.41, 5.74) is 1.45. The molecule has 0 amide bonds. The first kappa shape index (κ1) is 10.5. The summed E-state index contributed by atoms with van der Waals surface area (Å²) in [5.74, 6) is 1.49. The van der Waals surface area contributed by atoms with E-state index in [0.717, 1.165) is 5.92 Å². The zero-order valence-electron chi connectivity index (χ0n) is 8.44. The Hall–Kier alpha value is -0.460. The average Bonchev–Trinajstić information content (AvgIpc) is 2.02. The lowest BCUT2D eigenvalue weighted by atomic mass is 9.88. The van der Waals surface area contributed by atoms with Crippen LogP contribution in [0.4, 0.5) is 0 Å². The van der Waals surface area contributed by atoms with Gasteiger partial charge in [0.2, 0.25) is 0 Å². The molecule has 0 saturated carbocycles. The minimum Gasteiger partial charge on any atom is -0.394 e. The second-order valence-corrected chi connectivity index (χ2v) is 3.35. The highest BCUT2D eigenvalue weighted by molar-refractivity contribution is 5.01. The molecule has 0 aliphatic carbocycles. The molecule has 2 atom stereocenters. The summed E-state index contributed by atoms with van der Waals surface area (Å²) in [5, 5.41) is 3.07. The Morgan fingerprint density at radius 1 is 1.45 bits per heavy atom. The van der Waals surface area contributed by atoms with Crippen molar-refractivity contribution in [2.45, 2.75) is 34.1 Å². The van der Waals surface area contributed by atoms with E-state index in [1.807, 2.05) is 7.05 Å². The molecule has 11 heavy (non-hydrogen) atoms. The van der Waals surface area contributed by atoms with Crippen molar-refractivity contribution in [1.82, 2.24) is 5.32 Å². The van der Waals surface area contributed by atoms with Crippen LogP contribution in [0.1, 0.15) is 34.1 Å². The summed E-state index contributed by atoms with van der Waals surface area (Å²) in [6.07, 6.45) is 3.35. The highest BCUT2D eigenvalue weighted by atomic mass is 14.8. The molecule has 0 aromatic heterocycles. The van der Waals surface area contributed by atoms with Gasteiger partial charge in [0, 0.05) is 7.05 Å². The molecular weight excluding hydrogens is 134 g/mol. The third-order valence-electron chi connectivity index (χ3n) is 2.59. The summed E-state index contributed by atoms with van der Waals surface area (Å²) in [6.45, 7) is 9.02. The Labute approximate surface area is 70.9 Å². The smallest absolute Gasteiger partial charge is 0.00276 e. The van der Waals surface area contributed by atoms with E-state index in [0.29, 0.717) is 5.92 Å². The van der Waals surface area contributed by atoms with Crippen LogP contribution in [0.15, 0.2) is 11.8 Å². The van der Waals surface area contributed by atoms with E-state index in [-0.39, 0.29) is 0 Å². The standard InChI is InChI=1S/C10H21N/c1-6-8(2)10(4)9(3)7-11-5/h7-8,10-11H,6H2,1-5H3/b9-7-/t8-,10?/m1/s1. The first-order valence-corrected chi connectivity index (χ1v) is 4.47. The number of hydrogen-bond acceptors (Lipinski definition) is 1. The lowest BCUT2D eigenvalue weighted by molar-refractivity contribution is 0.426. The van der Waals surface area contributed by atoms with E-state index < -0.39 is 0 Å². The summed E-state index contributed by atoms with van der Waals surface area (Å²) in [7, 11) is 1.95. The summed E-state index contributed by atoms with van der Waals surface area (Å²) in [4.78, 5) is 0. The molecule has 0 fully saturated rings. The Morgan fingerprint density at radius 2 is 2.00 bits per heavy atom. The minimum absolute atomic E-state index is 0.701. The first-order chi connectivity index (χ1) is 5.13. The highest BCUT2D eigenvalue weighted by Crippen LogP contribution is 2.21. The van der Waals surface area contributed by atoms with Gasteiger partial charge in [0.05, 0.1) is 0 Å². The van der Waals surface area contributed by atoms with Crippen molar-refractivity contribution in [2.75, 3.05) is 7.05 Å². The molecular formula is C10H21N. The van der Waals surface area contributed by atoms with E-state index in [4.69, 9.17) is 0 Å². The minimum atomic E-state index is 0.701. The fourth-order valence-electron chi connectivity index (χ4n) is 1.16. The van der Waals surface area contributed by atoms with Crippen LogP contribution < -0.4 is 5.32 Å². The Morgan fingerprint density at radius 3 is 2.36 bits per heavy atom. The van der Waals surface area contributed by atoms with E-state index >= 15 is 0 Å². The molecule has 0 bridgehead atoms. The van der Waals surface area contributed by atoms with Crippen LogP contribution in [0, 0.1) is 11.8 Å². The van der Waals surface area contributed by atoms with Gasteiger partial charge in [-0.3, -0.25) is 0 Å². The molecule has 0 aromatic carbocycles. The first-order valence-electron chi connectivity index (χ1n) is 4.47. The second-order valence-electron chi connectivity index (χ2n) is 3.35. The van der Waals surface area contributed by atoms with Gasteiger partial charge >= 0.3 is 0 Å². The van der Waals surface area contributed by atoms with Crippen LogP contribution in [0.3, 0.4) is 0 Å². The van der Waals surface area contributed by atoms with E-state index in [9.17, 15) is 0 Å². The highest BCUT2D eigenvalue weighted by Gasteiger charge is 2.10. The number of rotatable bonds is 4. The molecule has 0 rings (SSSR count). The van der Waals surface area contributed by atoms with Crippen LogP contribution in [0.25, 0.3) is 0 Å². The Bertz CT molecular complexity index is 127. The number of nitrogens with one attached hydrogen (secondary N) is 1. The van der Waals surface area contributed by atoms with Gasteiger partial charge in [0.1, 0.15) is 0 Å². The van der Waals surface area contributed by atoms with Gasteiger partial charge in [-0.1, -0.05) is 32.8 Å². The average molecular weight is 155 g/mol. The molecule has 1 unspecified atom stereocenters. The summed E-state index contributed by atoms with van der Waals surface area (Å²) >= 11 is 0. The van der Waals surface area contributed by atoms with E-state index in [2.05, 4.69) is 39.2 Å². The molecule has 66 valence electrons. The largest absolute Gasteiger partial charge is 0.394 e. The molecule has 0 spiro atoms. The molecule has 0 radical (unpaired) electrons. The maximum atomic E-state index is 3.07. The Kier molecular flexibility index (Phi) is 5.01. The monoisotopic (exact) mass is 155 g/mol. The maximum Gasteiger partial charge on any atom is 0.00276 e. The Balaban J connectivity index is 4.00. The molecule has 0 aliphatic rings. The van der Waals surface area contributed by atoms with Gasteiger partial charge < -0.3 is 5.32 Å². The van der Waals surface area contributed by atoms with Crippen molar-refractivity contribution in [3.63, 3.8) is 0 Å². The molecule has 0 saturated heterocycles. The van der Waals surface area contributed by atoms with Crippen LogP contribution in [-0.4, -0.2) is 7.05 Å². The fraction of sp³-hybridized carbons (Fsp3) is 0.800. The maximum absolute atomic E-state index is 3.07. The second kappa shape index (κ2) is 5.22. The van der Waals surface area contributed by atoms with Gasteiger partial charge in [0.15, 0.2) is 0 Å². The summed E-state index contributed by atoms with van der Waals surface area (Å²) < 4.78 is 0. The predicted octanol–water partition coefficient (Wildman–Crippen LogP) is 2.79. The van der Waals surface area contributed by atoms with Crippen molar-refractivity contribution >= 4 is 0 Å². The van der Waals surface area contributed by atoms with E-state index in [1.165, 1.54) is 12.0 Å². The van der Waals surface area contributed by atoms with Crippen LogP contribution in [0.5, 0.6) is 0 Å². The van der Waals surface area contributed by atoms with Crippen molar-refractivity contribution in [2.24, 2.45) is 11.8 Å². The van der Waals surface area contributed by atoms with Crippen molar-refractivity contribution in [1.29, 1.82) is 0 Å². The zero-order valence-corrected chi connectivity index (χ0v) is 8.44. The molecule has 0 aromatic rings. The van der Waals surface area contributed by atoms with Gasteiger partial charge in [0.25, 0.3) is 0 Å².